The molecule has 35 heavy (non-hydrogen) atoms. The van der Waals surface area contributed by atoms with Crippen molar-refractivity contribution >= 4 is 35.0 Å². The van der Waals surface area contributed by atoms with Gasteiger partial charge in [-0.05, 0) is 41.2 Å². The van der Waals surface area contributed by atoms with Gasteiger partial charge in [-0.1, -0.05) is 39.8 Å². The molecule has 1 aromatic heterocycles. The summed E-state index contributed by atoms with van der Waals surface area (Å²) in [5, 5.41) is 17.7. The van der Waals surface area contributed by atoms with Gasteiger partial charge in [-0.15, -0.1) is 0 Å². The van der Waals surface area contributed by atoms with Crippen LogP contribution in [0, 0.1) is 5.41 Å². The number of hydrogen-bond acceptors (Lipinski definition) is 9. The van der Waals surface area contributed by atoms with Crippen molar-refractivity contribution in [3.63, 3.8) is 0 Å². The van der Waals surface area contributed by atoms with Crippen molar-refractivity contribution in [2.24, 2.45) is 5.41 Å². The number of nitrogens with one attached hydrogen (secondary N) is 2. The van der Waals surface area contributed by atoms with Crippen LogP contribution < -0.4 is 20.1 Å². The Labute approximate surface area is 209 Å². The van der Waals surface area contributed by atoms with Gasteiger partial charge in [0.25, 0.3) is 5.91 Å². The fourth-order valence-corrected chi connectivity index (χ4v) is 4.49. The van der Waals surface area contributed by atoms with Gasteiger partial charge >= 0.3 is 0 Å². The first-order chi connectivity index (χ1) is 16.6. The number of phenols is 1. The maximum absolute atomic E-state index is 12.7. The number of rotatable bonds is 7. The molecule has 10 heteroatoms. The lowest BCUT2D eigenvalue weighted by atomic mass is 9.82. The van der Waals surface area contributed by atoms with Crippen LogP contribution in [0.2, 0.25) is 0 Å². The van der Waals surface area contributed by atoms with Crippen LogP contribution >= 0.6 is 11.7 Å². The predicted molar refractivity (Wildman–Crippen MR) is 137 cm³/mol. The molecular weight excluding hydrogens is 466 g/mol. The second-order valence-electron chi connectivity index (χ2n) is 9.69. The van der Waals surface area contributed by atoms with Gasteiger partial charge in [0, 0.05) is 14.1 Å². The zero-order valence-electron chi connectivity index (χ0n) is 20.8. The molecule has 0 fully saturated rings. The van der Waals surface area contributed by atoms with E-state index in [1.807, 2.05) is 31.2 Å². The average molecular weight is 498 g/mol. The molecule has 3 N–H and O–H groups in total. The molecule has 2 aromatic carbocycles. The first-order valence-electron chi connectivity index (χ1n) is 11.4. The second kappa shape index (κ2) is 9.61. The van der Waals surface area contributed by atoms with Gasteiger partial charge < -0.3 is 30.1 Å². The summed E-state index contributed by atoms with van der Waals surface area (Å²) in [5.41, 5.74) is 2.30. The van der Waals surface area contributed by atoms with Crippen LogP contribution in [0.15, 0.2) is 30.3 Å². The Balaban J connectivity index is 1.65. The number of ether oxygens (including phenoxy) is 2. The molecule has 0 aliphatic carbocycles. The van der Waals surface area contributed by atoms with Crippen LogP contribution in [0.3, 0.4) is 0 Å². The molecule has 1 atom stereocenters. The Kier molecular flexibility index (Phi) is 6.75. The Morgan fingerprint density at radius 1 is 1.14 bits per heavy atom. The summed E-state index contributed by atoms with van der Waals surface area (Å²) in [6, 6.07) is 9.37. The van der Waals surface area contributed by atoms with Gasteiger partial charge in [-0.3, -0.25) is 4.79 Å². The van der Waals surface area contributed by atoms with Crippen LogP contribution in [0.5, 0.6) is 17.2 Å². The van der Waals surface area contributed by atoms with E-state index in [4.69, 9.17) is 9.47 Å². The molecule has 0 saturated carbocycles. The predicted octanol–water partition coefficient (Wildman–Crippen LogP) is 5.18. The Morgan fingerprint density at radius 3 is 2.54 bits per heavy atom. The van der Waals surface area contributed by atoms with Gasteiger partial charge in [0.1, 0.15) is 0 Å². The highest BCUT2D eigenvalue weighted by Gasteiger charge is 2.30. The van der Waals surface area contributed by atoms with Crippen molar-refractivity contribution < 1.29 is 19.4 Å². The number of phenolic OH excluding ortho intramolecular Hbond substituents is 1. The normalized spacial score (nSPS) is 13.4. The quantitative estimate of drug-likeness (QED) is 0.383. The molecule has 1 aliphatic heterocycles. The fourth-order valence-electron chi connectivity index (χ4n) is 4.01. The van der Waals surface area contributed by atoms with E-state index in [9.17, 15) is 9.90 Å². The molecule has 2 heterocycles. The Morgan fingerprint density at radius 2 is 1.86 bits per heavy atom. The minimum Gasteiger partial charge on any atom is -0.505 e. The van der Waals surface area contributed by atoms with Crippen molar-refractivity contribution in [2.45, 2.75) is 40.2 Å². The molecule has 0 radical (unpaired) electrons. The topological polar surface area (TPSA) is 109 Å². The number of hydrogen-bond donors (Lipinski definition) is 3. The van der Waals surface area contributed by atoms with E-state index in [0.717, 1.165) is 28.6 Å². The Bertz CT molecular complexity index is 1240. The van der Waals surface area contributed by atoms with E-state index in [-0.39, 0.29) is 35.5 Å². The standard InChI is InChI=1S/C25H31N5O4S/c1-7-14-8-10-16(20(31)19(14)24(32)30(5)6)26-22-23(29-35-28-22)27-21(25(2,3)4)15-9-11-17-18(12-15)34-13-33-17/h8-12,21,31H,7,13H2,1-6H3,(H,26,28)(H,27,29)/t21-/m0/s1. The molecule has 4 rings (SSSR count). The number of fused-ring (bicyclic) bond motifs is 1. The fraction of sp³-hybridized carbons (Fsp3) is 0.400. The SMILES string of the molecule is CCc1ccc(Nc2nsnc2N[C@@H](c2ccc3c(c2)OCO3)C(C)(C)C)c(O)c1C(=O)N(C)C. The van der Waals surface area contributed by atoms with Crippen LogP contribution in [0.4, 0.5) is 17.3 Å². The van der Waals surface area contributed by atoms with E-state index in [2.05, 4.69) is 40.2 Å². The molecule has 0 unspecified atom stereocenters. The second-order valence-corrected chi connectivity index (χ2v) is 10.2. The van der Waals surface area contributed by atoms with Gasteiger partial charge in [0.15, 0.2) is 28.9 Å². The van der Waals surface area contributed by atoms with E-state index in [1.54, 1.807) is 20.2 Å². The molecule has 1 aliphatic rings. The highest BCUT2D eigenvalue weighted by Crippen LogP contribution is 2.42. The number of anilines is 3. The number of carbonyl (C=O) groups is 1. The maximum atomic E-state index is 12.7. The summed E-state index contributed by atoms with van der Waals surface area (Å²) < 4.78 is 19.9. The molecule has 0 spiro atoms. The number of amides is 1. The van der Waals surface area contributed by atoms with Crippen LogP contribution in [-0.4, -0.2) is 45.5 Å². The highest BCUT2D eigenvalue weighted by atomic mass is 32.1. The third-order valence-corrected chi connectivity index (χ3v) is 6.41. The van der Waals surface area contributed by atoms with Crippen LogP contribution in [0.25, 0.3) is 0 Å². The van der Waals surface area contributed by atoms with Crippen molar-refractivity contribution in [2.75, 3.05) is 31.5 Å². The molecule has 1 amide bonds. The zero-order chi connectivity index (χ0) is 25.3. The largest absolute Gasteiger partial charge is 0.505 e. The van der Waals surface area contributed by atoms with Gasteiger partial charge in [-0.25, -0.2) is 0 Å². The lowest BCUT2D eigenvalue weighted by molar-refractivity contribution is 0.0823. The van der Waals surface area contributed by atoms with Crippen LogP contribution in [-0.2, 0) is 6.42 Å². The number of carbonyl (C=O) groups excluding carboxylic acids is 1. The first kappa shape index (κ1) is 24.6. The minimum absolute atomic E-state index is 0.106. The summed E-state index contributed by atoms with van der Waals surface area (Å²) >= 11 is 1.06. The number of aromatic nitrogens is 2. The number of benzene rings is 2. The summed E-state index contributed by atoms with van der Waals surface area (Å²) in [6.45, 7) is 8.57. The number of nitrogens with zero attached hydrogens (tertiary/aromatic N) is 3. The smallest absolute Gasteiger partial charge is 0.257 e. The van der Waals surface area contributed by atoms with Crippen molar-refractivity contribution in [1.82, 2.24) is 13.6 Å². The first-order valence-corrected chi connectivity index (χ1v) is 12.1. The molecule has 0 bridgehead atoms. The van der Waals surface area contributed by atoms with E-state index in [1.165, 1.54) is 4.90 Å². The van der Waals surface area contributed by atoms with Gasteiger partial charge in [-0.2, -0.15) is 8.75 Å². The zero-order valence-corrected chi connectivity index (χ0v) is 21.6. The molecular formula is C25H31N5O4S. The van der Waals surface area contributed by atoms with Crippen molar-refractivity contribution in [3.8, 4) is 17.2 Å². The van der Waals surface area contributed by atoms with Crippen LogP contribution in [0.1, 0.15) is 55.2 Å². The van der Waals surface area contributed by atoms with Crippen molar-refractivity contribution in [1.29, 1.82) is 0 Å². The monoisotopic (exact) mass is 497 g/mol. The molecule has 0 saturated heterocycles. The number of aromatic hydroxyl groups is 1. The lowest BCUT2D eigenvalue weighted by Crippen LogP contribution is -2.26. The summed E-state index contributed by atoms with van der Waals surface area (Å²) in [7, 11) is 3.33. The van der Waals surface area contributed by atoms with Gasteiger partial charge in [0.2, 0.25) is 6.79 Å². The number of aryl methyl sites for hydroxylation is 1. The van der Waals surface area contributed by atoms with E-state index < -0.39 is 0 Å². The Hall–Kier alpha value is -3.53. The molecule has 9 nitrogen and oxygen atoms in total. The minimum atomic E-state index is -0.256. The summed E-state index contributed by atoms with van der Waals surface area (Å²) in [6.07, 6.45) is 0.622. The van der Waals surface area contributed by atoms with Gasteiger partial charge in [0.05, 0.1) is 29.0 Å². The molecule has 3 aromatic rings. The van der Waals surface area contributed by atoms with E-state index in [0.29, 0.717) is 29.5 Å². The highest BCUT2D eigenvalue weighted by molar-refractivity contribution is 6.99. The van der Waals surface area contributed by atoms with E-state index >= 15 is 0 Å². The average Bonchev–Trinajstić information content (AvgIpc) is 3.45. The summed E-state index contributed by atoms with van der Waals surface area (Å²) in [5.74, 6) is 2.10. The third kappa shape index (κ3) is 4.97. The maximum Gasteiger partial charge on any atom is 0.257 e. The third-order valence-electron chi connectivity index (χ3n) is 5.88. The lowest BCUT2D eigenvalue weighted by Gasteiger charge is -2.32. The van der Waals surface area contributed by atoms with Crippen molar-refractivity contribution in [3.05, 3.63) is 47.0 Å². The summed E-state index contributed by atoms with van der Waals surface area (Å²) in [4.78, 5) is 14.2. The molecule has 186 valence electrons.